The minimum Gasteiger partial charge on any atom is -0.444 e. The number of benzene rings is 1. The van der Waals surface area contributed by atoms with Crippen molar-refractivity contribution in [3.63, 3.8) is 0 Å². The van der Waals surface area contributed by atoms with E-state index in [0.29, 0.717) is 25.2 Å². The third-order valence-electron chi connectivity index (χ3n) is 3.41. The topological polar surface area (TPSA) is 65.4 Å². The van der Waals surface area contributed by atoms with Crippen LogP contribution in [0.25, 0.3) is 0 Å². The van der Waals surface area contributed by atoms with Crippen molar-refractivity contribution in [2.24, 2.45) is 0 Å². The van der Waals surface area contributed by atoms with Crippen LogP contribution in [0.3, 0.4) is 0 Å². The summed E-state index contributed by atoms with van der Waals surface area (Å²) in [6.07, 6.45) is 0.110. The summed E-state index contributed by atoms with van der Waals surface area (Å²) in [6, 6.07) is 3.60. The van der Waals surface area contributed by atoms with Crippen LogP contribution in [-0.4, -0.2) is 30.8 Å². The lowest BCUT2D eigenvalue weighted by Gasteiger charge is -2.23. The molecule has 1 heterocycles. The van der Waals surface area contributed by atoms with Gasteiger partial charge in [-0.05, 0) is 33.3 Å². The second kappa shape index (κ2) is 6.41. The van der Waals surface area contributed by atoms with Crippen molar-refractivity contribution >= 4 is 11.8 Å². The van der Waals surface area contributed by atoms with Gasteiger partial charge in [0, 0.05) is 19.2 Å². The molecule has 23 heavy (non-hydrogen) atoms. The number of nitrogens with one attached hydrogen (secondary N) is 1. The first-order chi connectivity index (χ1) is 10.7. The first-order valence-electron chi connectivity index (χ1n) is 7.33. The molecule has 0 bridgehead atoms. The highest BCUT2D eigenvalue weighted by atomic mass is 19.2. The van der Waals surface area contributed by atoms with Crippen LogP contribution >= 0.6 is 0 Å². The number of halogens is 2. The number of hydrogen-bond donors (Lipinski definition) is 1. The fourth-order valence-corrected chi connectivity index (χ4v) is 2.46. The van der Waals surface area contributed by atoms with Gasteiger partial charge in [0.15, 0.2) is 11.6 Å². The number of carbonyl (C=O) groups is 1. The summed E-state index contributed by atoms with van der Waals surface area (Å²) in [7, 11) is 0. The van der Waals surface area contributed by atoms with E-state index in [-0.39, 0.29) is 11.6 Å². The van der Waals surface area contributed by atoms with E-state index in [0.717, 1.165) is 12.1 Å². The molecule has 0 saturated carbocycles. The Labute approximate surface area is 133 Å². The molecule has 0 aromatic heterocycles. The monoisotopic (exact) mass is 323 g/mol. The average molecular weight is 323 g/mol. The quantitative estimate of drug-likeness (QED) is 0.909. The van der Waals surface area contributed by atoms with Gasteiger partial charge >= 0.3 is 6.09 Å². The summed E-state index contributed by atoms with van der Waals surface area (Å²) >= 11 is 0. The number of alkyl carbamates (subject to hydrolysis) is 1. The van der Waals surface area contributed by atoms with E-state index in [9.17, 15) is 13.6 Å². The van der Waals surface area contributed by atoms with Gasteiger partial charge in [0.2, 0.25) is 0 Å². The highest BCUT2D eigenvalue weighted by molar-refractivity contribution is 5.68. The Hall–Kier alpha value is -2.36. The molecule has 0 unspecified atom stereocenters. The largest absolute Gasteiger partial charge is 0.444 e. The maximum Gasteiger partial charge on any atom is 0.407 e. The van der Waals surface area contributed by atoms with Crippen molar-refractivity contribution < 1.29 is 18.3 Å². The second-order valence-electron chi connectivity index (χ2n) is 6.47. The van der Waals surface area contributed by atoms with Crippen LogP contribution in [-0.2, 0) is 4.74 Å². The predicted molar refractivity (Wildman–Crippen MR) is 81.1 cm³/mol. The second-order valence-corrected chi connectivity index (χ2v) is 6.47. The Morgan fingerprint density at radius 2 is 2.04 bits per heavy atom. The third-order valence-corrected chi connectivity index (χ3v) is 3.41. The highest BCUT2D eigenvalue weighted by Gasteiger charge is 2.28. The van der Waals surface area contributed by atoms with E-state index in [1.54, 1.807) is 25.7 Å². The van der Waals surface area contributed by atoms with Crippen molar-refractivity contribution in [3.8, 4) is 6.07 Å². The molecule has 1 N–H and O–H groups in total. The fraction of sp³-hybridized carbons (Fsp3) is 0.500. The molecule has 0 radical (unpaired) electrons. The summed E-state index contributed by atoms with van der Waals surface area (Å²) in [4.78, 5) is 13.5. The van der Waals surface area contributed by atoms with Crippen molar-refractivity contribution in [2.75, 3.05) is 18.0 Å². The van der Waals surface area contributed by atoms with E-state index >= 15 is 0 Å². The summed E-state index contributed by atoms with van der Waals surface area (Å²) in [5.41, 5.74) is -0.183. The normalized spacial score (nSPS) is 17.7. The molecule has 0 aliphatic carbocycles. The van der Waals surface area contributed by atoms with Crippen LogP contribution in [0.5, 0.6) is 0 Å². The van der Waals surface area contributed by atoms with E-state index in [4.69, 9.17) is 10.00 Å². The van der Waals surface area contributed by atoms with Crippen LogP contribution in [0, 0.1) is 23.0 Å². The standard InChI is InChI=1S/C16H19F2N3O2/c1-16(2,3)23-15(22)20-11-4-5-21(9-11)14-7-13(18)12(17)6-10(14)8-19/h6-7,11H,4-5,9H2,1-3H3,(H,20,22)/t11-/m0/s1. The first-order valence-corrected chi connectivity index (χ1v) is 7.33. The number of ether oxygens (including phenoxy) is 1. The van der Waals surface area contributed by atoms with Gasteiger partial charge in [0.25, 0.3) is 0 Å². The fourth-order valence-electron chi connectivity index (χ4n) is 2.46. The first kappa shape index (κ1) is 17.0. The van der Waals surface area contributed by atoms with Crippen molar-refractivity contribution in [1.29, 1.82) is 5.26 Å². The van der Waals surface area contributed by atoms with Gasteiger partial charge in [0.05, 0.1) is 17.3 Å². The lowest BCUT2D eigenvalue weighted by molar-refractivity contribution is 0.0509. The van der Waals surface area contributed by atoms with E-state index in [2.05, 4.69) is 5.32 Å². The zero-order valence-corrected chi connectivity index (χ0v) is 13.3. The lowest BCUT2D eigenvalue weighted by Crippen LogP contribution is -2.40. The number of anilines is 1. The molecule has 1 saturated heterocycles. The molecule has 1 aromatic rings. The molecule has 2 rings (SSSR count). The Morgan fingerprint density at radius 3 is 2.65 bits per heavy atom. The van der Waals surface area contributed by atoms with E-state index in [1.807, 2.05) is 6.07 Å². The molecule has 7 heteroatoms. The number of amides is 1. The van der Waals surface area contributed by atoms with E-state index < -0.39 is 23.3 Å². The minimum absolute atomic E-state index is 0.0711. The third kappa shape index (κ3) is 4.31. The molecule has 1 aliphatic rings. The Bertz CT molecular complexity index is 650. The molecule has 5 nitrogen and oxygen atoms in total. The summed E-state index contributed by atoms with van der Waals surface area (Å²) < 4.78 is 31.9. The van der Waals surface area contributed by atoms with Gasteiger partial charge in [-0.25, -0.2) is 13.6 Å². The Balaban J connectivity index is 2.05. The number of hydrogen-bond acceptors (Lipinski definition) is 4. The van der Waals surface area contributed by atoms with Crippen molar-refractivity contribution in [3.05, 3.63) is 29.3 Å². The van der Waals surface area contributed by atoms with Gasteiger partial charge in [-0.2, -0.15) is 5.26 Å². The van der Waals surface area contributed by atoms with E-state index in [1.165, 1.54) is 0 Å². The molecular formula is C16H19F2N3O2. The molecular weight excluding hydrogens is 304 g/mol. The van der Waals surface area contributed by atoms with Gasteiger partial charge in [0.1, 0.15) is 11.7 Å². The van der Waals surface area contributed by atoms with Crippen molar-refractivity contribution in [1.82, 2.24) is 5.32 Å². The Morgan fingerprint density at radius 1 is 1.39 bits per heavy atom. The number of rotatable bonds is 2. The van der Waals surface area contributed by atoms with Gasteiger partial charge in [-0.15, -0.1) is 0 Å². The Kier molecular flexibility index (Phi) is 4.73. The number of nitrogens with zero attached hydrogens (tertiary/aromatic N) is 2. The van der Waals surface area contributed by atoms with Gasteiger partial charge in [-0.3, -0.25) is 0 Å². The molecule has 124 valence electrons. The van der Waals surface area contributed by atoms with Gasteiger partial charge < -0.3 is 15.0 Å². The maximum atomic E-state index is 13.4. The zero-order chi connectivity index (χ0) is 17.2. The van der Waals surface area contributed by atoms with Crippen molar-refractivity contribution in [2.45, 2.75) is 38.8 Å². The van der Waals surface area contributed by atoms with Crippen LogP contribution in [0.2, 0.25) is 0 Å². The highest BCUT2D eigenvalue weighted by Crippen LogP contribution is 2.27. The molecule has 1 atom stereocenters. The van der Waals surface area contributed by atoms with Crippen LogP contribution in [0.15, 0.2) is 12.1 Å². The molecule has 1 fully saturated rings. The molecule has 1 aliphatic heterocycles. The van der Waals surface area contributed by atoms with Crippen LogP contribution < -0.4 is 10.2 Å². The predicted octanol–water partition coefficient (Wildman–Crippen LogP) is 2.94. The average Bonchev–Trinajstić information content (AvgIpc) is 2.87. The molecule has 1 amide bonds. The summed E-state index contributed by atoms with van der Waals surface area (Å²) in [6.45, 7) is 6.25. The zero-order valence-electron chi connectivity index (χ0n) is 13.3. The van der Waals surface area contributed by atoms with Gasteiger partial charge in [-0.1, -0.05) is 0 Å². The number of nitriles is 1. The van der Waals surface area contributed by atoms with Crippen LogP contribution in [0.4, 0.5) is 19.3 Å². The molecule has 0 spiro atoms. The summed E-state index contributed by atoms with van der Waals surface area (Å²) in [5.74, 6) is -2.05. The van der Waals surface area contributed by atoms with Crippen LogP contribution in [0.1, 0.15) is 32.8 Å². The number of carbonyl (C=O) groups excluding carboxylic acids is 1. The smallest absolute Gasteiger partial charge is 0.407 e. The molecule has 1 aromatic carbocycles. The minimum atomic E-state index is -1.05. The summed E-state index contributed by atoms with van der Waals surface area (Å²) in [5, 5.41) is 11.8. The SMILES string of the molecule is CC(C)(C)OC(=O)N[C@H]1CCN(c2cc(F)c(F)cc2C#N)C1. The maximum absolute atomic E-state index is 13.4. The lowest BCUT2D eigenvalue weighted by atomic mass is 10.1.